The van der Waals surface area contributed by atoms with Gasteiger partial charge in [0.2, 0.25) is 0 Å². The molecular weight excluding hydrogens is 250 g/mol. The summed E-state index contributed by atoms with van der Waals surface area (Å²) in [6, 6.07) is 10.8. The summed E-state index contributed by atoms with van der Waals surface area (Å²) in [4.78, 5) is 4.01. The molecule has 3 nitrogen and oxygen atoms in total. The van der Waals surface area contributed by atoms with E-state index in [2.05, 4.69) is 10.3 Å². The number of hydrogen-bond acceptors (Lipinski definition) is 3. The van der Waals surface area contributed by atoms with Crippen molar-refractivity contribution in [2.45, 2.75) is 13.0 Å². The number of pyridine rings is 1. The van der Waals surface area contributed by atoms with Gasteiger partial charge in [0.25, 0.3) is 6.43 Å². The van der Waals surface area contributed by atoms with Crippen LogP contribution in [-0.2, 0) is 6.54 Å². The van der Waals surface area contributed by atoms with Gasteiger partial charge in [0, 0.05) is 18.9 Å². The largest absolute Gasteiger partial charge is 0.485 e. The molecule has 0 saturated carbocycles. The Morgan fingerprint density at radius 2 is 2.00 bits per heavy atom. The van der Waals surface area contributed by atoms with Gasteiger partial charge >= 0.3 is 0 Å². The van der Waals surface area contributed by atoms with Crippen LogP contribution in [0.15, 0.2) is 48.8 Å². The van der Waals surface area contributed by atoms with Crippen molar-refractivity contribution in [2.24, 2.45) is 0 Å². The molecule has 1 heterocycles. The molecule has 0 aliphatic carbocycles. The number of ether oxygens (including phenoxy) is 1. The summed E-state index contributed by atoms with van der Waals surface area (Å²) in [6.07, 6.45) is 0.963. The van der Waals surface area contributed by atoms with E-state index in [1.165, 1.54) is 0 Å². The van der Waals surface area contributed by atoms with Crippen LogP contribution in [0.4, 0.5) is 14.5 Å². The zero-order valence-corrected chi connectivity index (χ0v) is 10.2. The number of nitrogens with zero attached hydrogens (tertiary/aromatic N) is 1. The average molecular weight is 264 g/mol. The Bertz CT molecular complexity index is 506. The average Bonchev–Trinajstić information content (AvgIpc) is 2.45. The summed E-state index contributed by atoms with van der Waals surface area (Å²) >= 11 is 0. The summed E-state index contributed by atoms with van der Waals surface area (Å²) in [5.74, 6) is 0.423. The molecule has 0 aliphatic rings. The second-order valence-corrected chi connectivity index (χ2v) is 3.91. The highest BCUT2D eigenvalue weighted by Crippen LogP contribution is 2.24. The Morgan fingerprint density at radius 1 is 1.16 bits per heavy atom. The fourth-order valence-electron chi connectivity index (χ4n) is 1.59. The minimum absolute atomic E-state index is 0.423. The molecule has 0 aliphatic heterocycles. The number of para-hydroxylation sites is 2. The van der Waals surface area contributed by atoms with Gasteiger partial charge in [0.05, 0.1) is 5.69 Å². The molecular formula is C14H14F2N2O. The lowest BCUT2D eigenvalue weighted by Gasteiger charge is -2.12. The number of hydrogen-bond donors (Lipinski definition) is 1. The first-order valence-corrected chi connectivity index (χ1v) is 5.88. The summed E-state index contributed by atoms with van der Waals surface area (Å²) in [5.41, 5.74) is 1.69. The Labute approximate surface area is 110 Å². The highest BCUT2D eigenvalue weighted by molar-refractivity contribution is 5.56. The predicted octanol–water partition coefficient (Wildman–Crippen LogP) is 3.34. The van der Waals surface area contributed by atoms with Crippen LogP contribution >= 0.6 is 0 Å². The molecule has 0 unspecified atom stereocenters. The van der Waals surface area contributed by atoms with Crippen molar-refractivity contribution < 1.29 is 13.5 Å². The van der Waals surface area contributed by atoms with Gasteiger partial charge in [-0.25, -0.2) is 8.78 Å². The third kappa shape index (κ3) is 4.21. The topological polar surface area (TPSA) is 34.1 Å². The lowest BCUT2D eigenvalue weighted by Crippen LogP contribution is -2.09. The molecule has 0 amide bonds. The normalized spacial score (nSPS) is 10.5. The predicted molar refractivity (Wildman–Crippen MR) is 69.5 cm³/mol. The Kier molecular flexibility index (Phi) is 4.66. The molecule has 2 aromatic rings. The number of halogens is 2. The van der Waals surface area contributed by atoms with Crippen LogP contribution in [0.25, 0.3) is 0 Å². The van der Waals surface area contributed by atoms with E-state index in [0.29, 0.717) is 18.0 Å². The number of alkyl halides is 2. The maximum atomic E-state index is 12.1. The van der Waals surface area contributed by atoms with Gasteiger partial charge in [-0.05, 0) is 23.8 Å². The fraction of sp³-hybridized carbons (Fsp3) is 0.214. The van der Waals surface area contributed by atoms with Crippen molar-refractivity contribution in [3.05, 3.63) is 54.4 Å². The van der Waals surface area contributed by atoms with E-state index in [4.69, 9.17) is 4.74 Å². The van der Waals surface area contributed by atoms with Crippen LogP contribution in [-0.4, -0.2) is 18.0 Å². The van der Waals surface area contributed by atoms with E-state index >= 15 is 0 Å². The van der Waals surface area contributed by atoms with Crippen molar-refractivity contribution in [1.82, 2.24) is 4.98 Å². The molecule has 0 atom stereocenters. The van der Waals surface area contributed by atoms with Crippen LogP contribution in [0, 0.1) is 0 Å². The molecule has 0 spiro atoms. The van der Waals surface area contributed by atoms with Gasteiger partial charge in [-0.2, -0.15) is 0 Å². The molecule has 1 N–H and O–H groups in total. The molecule has 0 fully saturated rings. The van der Waals surface area contributed by atoms with Crippen molar-refractivity contribution in [3.63, 3.8) is 0 Å². The minimum Gasteiger partial charge on any atom is -0.485 e. The number of benzene rings is 1. The summed E-state index contributed by atoms with van der Waals surface area (Å²) < 4.78 is 29.4. The van der Waals surface area contributed by atoms with Crippen LogP contribution in [0.2, 0.25) is 0 Å². The maximum Gasteiger partial charge on any atom is 0.272 e. The first-order valence-electron chi connectivity index (χ1n) is 5.88. The van der Waals surface area contributed by atoms with Crippen molar-refractivity contribution in [3.8, 4) is 5.75 Å². The Balaban J connectivity index is 1.99. The zero-order valence-electron chi connectivity index (χ0n) is 10.2. The van der Waals surface area contributed by atoms with Crippen molar-refractivity contribution in [1.29, 1.82) is 0 Å². The third-order valence-corrected chi connectivity index (χ3v) is 2.46. The van der Waals surface area contributed by atoms with E-state index in [0.717, 1.165) is 5.56 Å². The molecule has 1 aromatic heterocycles. The van der Waals surface area contributed by atoms with E-state index in [-0.39, 0.29) is 0 Å². The maximum absolute atomic E-state index is 12.1. The quantitative estimate of drug-likeness (QED) is 0.869. The molecule has 0 radical (unpaired) electrons. The number of nitrogens with one attached hydrogen (secondary N) is 1. The number of rotatable bonds is 6. The van der Waals surface area contributed by atoms with Gasteiger partial charge in [-0.1, -0.05) is 18.2 Å². The molecule has 100 valence electrons. The number of anilines is 1. The molecule has 0 saturated heterocycles. The van der Waals surface area contributed by atoms with Crippen LogP contribution in [0.1, 0.15) is 5.56 Å². The Hall–Kier alpha value is -2.17. The standard InChI is InChI=1S/C14H14F2N2O/c15-14(16)10-19-13-6-2-1-5-12(13)18-9-11-4-3-7-17-8-11/h1-8,14,18H,9-10H2. The van der Waals surface area contributed by atoms with E-state index in [1.54, 1.807) is 30.6 Å². The molecule has 2 rings (SSSR count). The highest BCUT2D eigenvalue weighted by atomic mass is 19.3. The highest BCUT2D eigenvalue weighted by Gasteiger charge is 2.07. The SMILES string of the molecule is FC(F)COc1ccccc1NCc1cccnc1. The van der Waals surface area contributed by atoms with Gasteiger partial charge < -0.3 is 10.1 Å². The third-order valence-electron chi connectivity index (χ3n) is 2.46. The van der Waals surface area contributed by atoms with E-state index < -0.39 is 13.0 Å². The van der Waals surface area contributed by atoms with Crippen LogP contribution in [0.5, 0.6) is 5.75 Å². The first kappa shape index (κ1) is 13.3. The Morgan fingerprint density at radius 3 is 2.74 bits per heavy atom. The smallest absolute Gasteiger partial charge is 0.272 e. The second-order valence-electron chi connectivity index (χ2n) is 3.91. The lowest BCUT2D eigenvalue weighted by molar-refractivity contribution is 0.0822. The first-order chi connectivity index (χ1) is 9.25. The van der Waals surface area contributed by atoms with Gasteiger partial charge in [0.15, 0.2) is 0 Å². The zero-order chi connectivity index (χ0) is 13.5. The lowest BCUT2D eigenvalue weighted by atomic mass is 10.2. The van der Waals surface area contributed by atoms with Gasteiger partial charge in [-0.15, -0.1) is 0 Å². The van der Waals surface area contributed by atoms with Crippen molar-refractivity contribution >= 4 is 5.69 Å². The summed E-state index contributed by atoms with van der Waals surface area (Å²) in [7, 11) is 0. The minimum atomic E-state index is -2.48. The second kappa shape index (κ2) is 6.68. The van der Waals surface area contributed by atoms with E-state index in [9.17, 15) is 8.78 Å². The van der Waals surface area contributed by atoms with Gasteiger partial charge in [0.1, 0.15) is 12.4 Å². The summed E-state index contributed by atoms with van der Waals surface area (Å²) in [6.45, 7) is -0.0471. The number of aromatic nitrogens is 1. The van der Waals surface area contributed by atoms with E-state index in [1.807, 2.05) is 18.2 Å². The fourth-order valence-corrected chi connectivity index (χ4v) is 1.59. The molecule has 1 aromatic carbocycles. The van der Waals surface area contributed by atoms with Gasteiger partial charge in [-0.3, -0.25) is 4.98 Å². The molecule has 0 bridgehead atoms. The monoisotopic (exact) mass is 264 g/mol. The molecule has 5 heteroatoms. The van der Waals surface area contributed by atoms with Crippen molar-refractivity contribution in [2.75, 3.05) is 11.9 Å². The van der Waals surface area contributed by atoms with Crippen LogP contribution in [0.3, 0.4) is 0 Å². The summed E-state index contributed by atoms with van der Waals surface area (Å²) in [5, 5.41) is 3.14. The molecule has 19 heavy (non-hydrogen) atoms. The van der Waals surface area contributed by atoms with Crippen LogP contribution < -0.4 is 10.1 Å².